The first-order valence-corrected chi connectivity index (χ1v) is 4.41. The molecular formula is C10H16ClN3O. The first kappa shape index (κ1) is 13.7. The van der Waals surface area contributed by atoms with Gasteiger partial charge in [0.1, 0.15) is 0 Å². The Kier molecular flexibility index (Phi) is 5.74. The second-order valence-corrected chi connectivity index (χ2v) is 3.19. The van der Waals surface area contributed by atoms with Gasteiger partial charge in [-0.25, -0.2) is 0 Å². The molecule has 0 atom stereocenters. The van der Waals surface area contributed by atoms with Crippen molar-refractivity contribution in [1.82, 2.24) is 0 Å². The van der Waals surface area contributed by atoms with Crippen LogP contribution in [0, 0.1) is 0 Å². The van der Waals surface area contributed by atoms with Crippen LogP contribution in [0.5, 0.6) is 0 Å². The Bertz CT molecular complexity index is 311. The van der Waals surface area contributed by atoms with E-state index in [1.807, 2.05) is 43.3 Å². The maximum Gasteiger partial charge on any atom is 0.238 e. The molecule has 0 fully saturated rings. The summed E-state index contributed by atoms with van der Waals surface area (Å²) in [6.45, 7) is 0.00936. The predicted octanol–water partition coefficient (Wildman–Crippen LogP) is 1.07. The molecule has 0 aliphatic heterocycles. The number of nitrogens with zero attached hydrogens (tertiary/aromatic N) is 1. The highest BCUT2D eigenvalue weighted by Crippen LogP contribution is 2.15. The molecule has 1 aromatic rings. The second-order valence-electron chi connectivity index (χ2n) is 3.19. The zero-order chi connectivity index (χ0) is 10.6. The van der Waals surface area contributed by atoms with E-state index < -0.39 is 0 Å². The van der Waals surface area contributed by atoms with Crippen molar-refractivity contribution in [3.63, 3.8) is 0 Å². The number of carbonyl (C=O) groups excluding carboxylic acids is 1. The van der Waals surface area contributed by atoms with Gasteiger partial charge in [0.05, 0.1) is 6.54 Å². The molecule has 0 aliphatic rings. The molecule has 0 aliphatic carbocycles. The van der Waals surface area contributed by atoms with Gasteiger partial charge in [0.2, 0.25) is 5.91 Å². The Hall–Kier alpha value is -1.26. The molecule has 0 unspecified atom stereocenters. The van der Waals surface area contributed by atoms with Crippen LogP contribution in [0.4, 0.5) is 11.4 Å². The van der Waals surface area contributed by atoms with E-state index in [9.17, 15) is 4.79 Å². The van der Waals surface area contributed by atoms with Gasteiger partial charge in [0, 0.05) is 25.5 Å². The largest absolute Gasteiger partial charge is 0.378 e. The molecular weight excluding hydrogens is 214 g/mol. The minimum absolute atomic E-state index is 0. The van der Waals surface area contributed by atoms with E-state index in [4.69, 9.17) is 5.73 Å². The molecule has 0 radical (unpaired) electrons. The van der Waals surface area contributed by atoms with E-state index in [1.54, 1.807) is 0 Å². The predicted molar refractivity (Wildman–Crippen MR) is 65.7 cm³/mol. The molecule has 5 heteroatoms. The van der Waals surface area contributed by atoms with E-state index in [1.165, 1.54) is 0 Å². The zero-order valence-electron chi connectivity index (χ0n) is 8.86. The van der Waals surface area contributed by atoms with E-state index in [2.05, 4.69) is 5.32 Å². The quantitative estimate of drug-likeness (QED) is 0.815. The minimum atomic E-state index is -0.178. The maximum atomic E-state index is 11.0. The zero-order valence-corrected chi connectivity index (χ0v) is 9.67. The molecule has 0 aromatic heterocycles. The van der Waals surface area contributed by atoms with E-state index in [-0.39, 0.29) is 24.9 Å². The number of nitrogens with one attached hydrogen (secondary N) is 1. The number of hydrogen-bond acceptors (Lipinski definition) is 3. The molecule has 4 nitrogen and oxygen atoms in total. The number of amides is 1. The van der Waals surface area contributed by atoms with E-state index in [0.717, 1.165) is 11.4 Å². The molecule has 0 heterocycles. The van der Waals surface area contributed by atoms with Gasteiger partial charge in [-0.15, -0.1) is 12.4 Å². The van der Waals surface area contributed by atoms with Crippen LogP contribution in [-0.4, -0.2) is 26.5 Å². The van der Waals surface area contributed by atoms with Crippen LogP contribution in [0.15, 0.2) is 24.3 Å². The van der Waals surface area contributed by atoms with Gasteiger partial charge < -0.3 is 16.0 Å². The average Bonchev–Trinajstić information content (AvgIpc) is 2.18. The molecule has 84 valence electrons. The number of carbonyl (C=O) groups is 1. The van der Waals surface area contributed by atoms with Crippen molar-refractivity contribution < 1.29 is 4.79 Å². The molecule has 0 bridgehead atoms. The summed E-state index contributed by atoms with van der Waals surface area (Å²) in [5.74, 6) is -0.178. The van der Waals surface area contributed by atoms with Crippen LogP contribution < -0.4 is 16.0 Å². The third-order valence-electron chi connectivity index (χ3n) is 1.85. The Morgan fingerprint density at radius 3 is 2.27 bits per heavy atom. The monoisotopic (exact) mass is 229 g/mol. The van der Waals surface area contributed by atoms with E-state index >= 15 is 0 Å². The summed E-state index contributed by atoms with van der Waals surface area (Å²) in [6.07, 6.45) is 0. The van der Waals surface area contributed by atoms with Crippen molar-refractivity contribution in [3.8, 4) is 0 Å². The van der Waals surface area contributed by atoms with Crippen LogP contribution in [0.3, 0.4) is 0 Å². The first-order valence-electron chi connectivity index (χ1n) is 4.41. The number of hydrogen-bond donors (Lipinski definition) is 2. The van der Waals surface area contributed by atoms with Gasteiger partial charge in [0.15, 0.2) is 0 Å². The lowest BCUT2D eigenvalue weighted by molar-refractivity contribution is -0.114. The Morgan fingerprint density at radius 2 is 1.87 bits per heavy atom. The standard InChI is InChI=1S/C10H15N3O.ClH/c1-13(2)9-5-3-8(4-6-9)12-10(14)7-11;/h3-6H,7,11H2,1-2H3,(H,12,14);1H. The highest BCUT2D eigenvalue weighted by Gasteiger charge is 1.99. The highest BCUT2D eigenvalue weighted by atomic mass is 35.5. The van der Waals surface area contributed by atoms with Crippen molar-refractivity contribution in [1.29, 1.82) is 0 Å². The molecule has 1 rings (SSSR count). The van der Waals surface area contributed by atoms with Gasteiger partial charge >= 0.3 is 0 Å². The third kappa shape index (κ3) is 4.18. The molecule has 1 aromatic carbocycles. The summed E-state index contributed by atoms with van der Waals surface area (Å²) in [5, 5.41) is 2.68. The van der Waals surface area contributed by atoms with Gasteiger partial charge in [-0.1, -0.05) is 0 Å². The van der Waals surface area contributed by atoms with Gasteiger partial charge in [-0.2, -0.15) is 0 Å². The molecule has 0 saturated carbocycles. The van der Waals surface area contributed by atoms with Gasteiger partial charge in [0.25, 0.3) is 0 Å². The van der Waals surface area contributed by atoms with Crippen molar-refractivity contribution in [2.45, 2.75) is 0 Å². The Morgan fingerprint density at radius 1 is 1.33 bits per heavy atom. The van der Waals surface area contributed by atoms with Crippen LogP contribution in [0.2, 0.25) is 0 Å². The summed E-state index contributed by atoms with van der Waals surface area (Å²) in [5.41, 5.74) is 7.04. The minimum Gasteiger partial charge on any atom is -0.378 e. The van der Waals surface area contributed by atoms with Gasteiger partial charge in [-0.3, -0.25) is 4.79 Å². The fraction of sp³-hybridized carbons (Fsp3) is 0.300. The third-order valence-corrected chi connectivity index (χ3v) is 1.85. The lowest BCUT2D eigenvalue weighted by Crippen LogP contribution is -2.21. The fourth-order valence-electron chi connectivity index (χ4n) is 1.05. The molecule has 1 amide bonds. The number of benzene rings is 1. The normalized spacial score (nSPS) is 9.00. The van der Waals surface area contributed by atoms with E-state index in [0.29, 0.717) is 0 Å². The number of rotatable bonds is 3. The summed E-state index contributed by atoms with van der Waals surface area (Å²) in [4.78, 5) is 12.9. The molecule has 15 heavy (non-hydrogen) atoms. The van der Waals surface area contributed by atoms with Crippen molar-refractivity contribution in [2.75, 3.05) is 30.9 Å². The number of halogens is 1. The maximum absolute atomic E-state index is 11.0. The first-order chi connectivity index (χ1) is 6.63. The lowest BCUT2D eigenvalue weighted by atomic mass is 10.2. The Balaban J connectivity index is 0.00000196. The smallest absolute Gasteiger partial charge is 0.238 e. The highest BCUT2D eigenvalue weighted by molar-refractivity contribution is 5.92. The SMILES string of the molecule is CN(C)c1ccc(NC(=O)CN)cc1.Cl. The van der Waals surface area contributed by atoms with Crippen LogP contribution >= 0.6 is 12.4 Å². The van der Waals surface area contributed by atoms with Crippen molar-refractivity contribution >= 4 is 29.7 Å². The average molecular weight is 230 g/mol. The van der Waals surface area contributed by atoms with Crippen LogP contribution in [-0.2, 0) is 4.79 Å². The Labute approximate surface area is 95.9 Å². The topological polar surface area (TPSA) is 58.4 Å². The lowest BCUT2D eigenvalue weighted by Gasteiger charge is -2.12. The molecule has 0 spiro atoms. The fourth-order valence-corrected chi connectivity index (χ4v) is 1.05. The molecule has 3 N–H and O–H groups in total. The van der Waals surface area contributed by atoms with Crippen molar-refractivity contribution in [3.05, 3.63) is 24.3 Å². The summed E-state index contributed by atoms with van der Waals surface area (Å²) >= 11 is 0. The summed E-state index contributed by atoms with van der Waals surface area (Å²) in [7, 11) is 3.93. The summed E-state index contributed by atoms with van der Waals surface area (Å²) in [6, 6.07) is 7.57. The van der Waals surface area contributed by atoms with Crippen LogP contribution in [0.25, 0.3) is 0 Å². The van der Waals surface area contributed by atoms with Gasteiger partial charge in [-0.05, 0) is 24.3 Å². The number of nitrogens with two attached hydrogens (primary N) is 1. The molecule has 0 saturated heterocycles. The van der Waals surface area contributed by atoms with Crippen molar-refractivity contribution in [2.24, 2.45) is 5.73 Å². The van der Waals surface area contributed by atoms with Crippen LogP contribution in [0.1, 0.15) is 0 Å². The second kappa shape index (κ2) is 6.27. The number of anilines is 2. The summed E-state index contributed by atoms with van der Waals surface area (Å²) < 4.78 is 0.